The molecule has 0 N–H and O–H groups in total. The number of rotatable bonds is 2. The molecule has 0 amide bonds. The second-order valence-corrected chi connectivity index (χ2v) is 9.11. The maximum atomic E-state index is 2.80. The molecular weight excluding hydrogens is 154 g/mol. The van der Waals surface area contributed by atoms with Crippen molar-refractivity contribution in [1.82, 2.24) is 4.57 Å². The standard InChI is InChI=1S/C7H19NSi2/c1-7-4-3-5-8(7)10(2)6-9/h7,10H,3-6H2,1-2,9H3. The SMILES string of the molecule is CC1CCCN1[SiH](C)C[SiH3]. The Hall–Kier alpha value is 0.394. The van der Waals surface area contributed by atoms with E-state index in [0.29, 0.717) is 0 Å². The lowest BCUT2D eigenvalue weighted by Gasteiger charge is -2.26. The molecule has 3 heteroatoms. The van der Waals surface area contributed by atoms with E-state index in [-0.39, 0.29) is 0 Å². The van der Waals surface area contributed by atoms with E-state index in [1.165, 1.54) is 29.6 Å². The summed E-state index contributed by atoms with van der Waals surface area (Å²) in [7, 11) is 1.02. The minimum absolute atomic E-state index is 0.397. The van der Waals surface area contributed by atoms with Gasteiger partial charge in [-0.3, -0.25) is 0 Å². The minimum Gasteiger partial charge on any atom is -0.324 e. The molecule has 1 heterocycles. The monoisotopic (exact) mass is 173 g/mol. The van der Waals surface area contributed by atoms with Gasteiger partial charge in [0.1, 0.15) is 8.96 Å². The van der Waals surface area contributed by atoms with Crippen LogP contribution in [0.3, 0.4) is 0 Å². The first-order valence-corrected chi connectivity index (χ1v) is 8.41. The smallest absolute Gasteiger partial charge is 0.105 e. The average Bonchev–Trinajstić information content (AvgIpc) is 2.34. The van der Waals surface area contributed by atoms with Crippen molar-refractivity contribution in [2.24, 2.45) is 0 Å². The molecule has 1 aliphatic heterocycles. The summed E-state index contributed by atoms with van der Waals surface area (Å²) in [5.74, 6) is 0. The predicted molar refractivity (Wildman–Crippen MR) is 53.2 cm³/mol. The second kappa shape index (κ2) is 3.69. The van der Waals surface area contributed by atoms with Crippen molar-refractivity contribution >= 4 is 19.2 Å². The van der Waals surface area contributed by atoms with E-state index >= 15 is 0 Å². The van der Waals surface area contributed by atoms with Crippen LogP contribution in [0.15, 0.2) is 0 Å². The molecule has 2 unspecified atom stereocenters. The molecule has 10 heavy (non-hydrogen) atoms. The minimum atomic E-state index is -0.397. The van der Waals surface area contributed by atoms with E-state index in [2.05, 4.69) is 18.0 Å². The fourth-order valence-corrected chi connectivity index (χ4v) is 5.36. The summed E-state index contributed by atoms with van der Waals surface area (Å²) < 4.78 is 2.80. The fraction of sp³-hybridized carbons (Fsp3) is 1.00. The lowest BCUT2D eigenvalue weighted by Crippen LogP contribution is -2.39. The average molecular weight is 173 g/mol. The molecule has 1 fully saturated rings. The van der Waals surface area contributed by atoms with Crippen molar-refractivity contribution in [3.8, 4) is 0 Å². The van der Waals surface area contributed by atoms with Gasteiger partial charge in [0, 0.05) is 16.3 Å². The van der Waals surface area contributed by atoms with Gasteiger partial charge in [0.15, 0.2) is 0 Å². The molecule has 0 aliphatic carbocycles. The molecular formula is C7H19NSi2. The maximum absolute atomic E-state index is 2.80. The number of nitrogens with zero attached hydrogens (tertiary/aromatic N) is 1. The normalized spacial score (nSPS) is 31.2. The Morgan fingerprint density at radius 1 is 1.70 bits per heavy atom. The Morgan fingerprint density at radius 3 is 2.80 bits per heavy atom. The largest absolute Gasteiger partial charge is 0.324 e. The number of hydrogen-bond acceptors (Lipinski definition) is 1. The molecule has 0 saturated carbocycles. The van der Waals surface area contributed by atoms with Crippen LogP contribution in [-0.2, 0) is 0 Å². The Labute approximate surface area is 68.9 Å². The van der Waals surface area contributed by atoms with Gasteiger partial charge in [-0.15, -0.1) is 0 Å². The van der Waals surface area contributed by atoms with Gasteiger partial charge < -0.3 is 4.57 Å². The highest BCUT2D eigenvalue weighted by Gasteiger charge is 2.23. The first kappa shape index (κ1) is 8.49. The van der Waals surface area contributed by atoms with Crippen LogP contribution in [0.4, 0.5) is 0 Å². The molecule has 0 aromatic carbocycles. The number of hydrogen-bond donors (Lipinski definition) is 0. The van der Waals surface area contributed by atoms with E-state index < -0.39 is 8.96 Å². The van der Waals surface area contributed by atoms with Crippen LogP contribution >= 0.6 is 0 Å². The van der Waals surface area contributed by atoms with Gasteiger partial charge in [-0.2, -0.15) is 0 Å². The predicted octanol–water partition coefficient (Wildman–Crippen LogP) is 0.147. The Kier molecular flexibility index (Phi) is 3.13. The molecule has 0 radical (unpaired) electrons. The van der Waals surface area contributed by atoms with Gasteiger partial charge >= 0.3 is 0 Å². The van der Waals surface area contributed by atoms with Crippen molar-refractivity contribution in [2.75, 3.05) is 6.54 Å². The van der Waals surface area contributed by atoms with Gasteiger partial charge in [0.05, 0.1) is 0 Å². The van der Waals surface area contributed by atoms with Crippen LogP contribution in [0.2, 0.25) is 12.2 Å². The molecule has 60 valence electrons. The van der Waals surface area contributed by atoms with Gasteiger partial charge in [-0.25, -0.2) is 0 Å². The van der Waals surface area contributed by atoms with Crippen LogP contribution in [0.25, 0.3) is 0 Å². The summed E-state index contributed by atoms with van der Waals surface area (Å²) in [6.07, 6.45) is 2.92. The summed E-state index contributed by atoms with van der Waals surface area (Å²) >= 11 is 0. The summed E-state index contributed by atoms with van der Waals surface area (Å²) in [6.45, 7) is 6.32. The third-order valence-corrected chi connectivity index (χ3v) is 9.39. The first-order valence-electron chi connectivity index (χ1n) is 4.51. The maximum Gasteiger partial charge on any atom is 0.105 e. The third-order valence-electron chi connectivity index (χ3n) is 2.76. The second-order valence-electron chi connectivity index (χ2n) is 3.49. The molecule has 1 rings (SSSR count). The molecule has 0 aromatic heterocycles. The lowest BCUT2D eigenvalue weighted by molar-refractivity contribution is 0.430. The van der Waals surface area contributed by atoms with Crippen LogP contribution in [-0.4, -0.2) is 36.4 Å². The highest BCUT2D eigenvalue weighted by Crippen LogP contribution is 2.18. The zero-order valence-corrected chi connectivity index (χ0v) is 10.6. The zero-order chi connectivity index (χ0) is 7.56. The molecule has 1 nitrogen and oxygen atoms in total. The van der Waals surface area contributed by atoms with Crippen LogP contribution in [0, 0.1) is 0 Å². The summed E-state index contributed by atoms with van der Waals surface area (Å²) in [4.78, 5) is 0. The highest BCUT2D eigenvalue weighted by atomic mass is 28.3. The van der Waals surface area contributed by atoms with Crippen molar-refractivity contribution in [2.45, 2.75) is 38.0 Å². The van der Waals surface area contributed by atoms with E-state index in [4.69, 9.17) is 0 Å². The zero-order valence-electron chi connectivity index (χ0n) is 7.43. The Morgan fingerprint density at radius 2 is 2.40 bits per heavy atom. The van der Waals surface area contributed by atoms with Crippen molar-refractivity contribution in [3.63, 3.8) is 0 Å². The molecule has 0 aromatic rings. The van der Waals surface area contributed by atoms with Crippen molar-refractivity contribution < 1.29 is 0 Å². The topological polar surface area (TPSA) is 3.24 Å². The summed E-state index contributed by atoms with van der Waals surface area (Å²) in [5.41, 5.74) is 1.57. The van der Waals surface area contributed by atoms with Crippen LogP contribution in [0.5, 0.6) is 0 Å². The van der Waals surface area contributed by atoms with E-state index in [1.807, 2.05) is 0 Å². The van der Waals surface area contributed by atoms with Crippen molar-refractivity contribution in [1.29, 1.82) is 0 Å². The lowest BCUT2D eigenvalue weighted by atomic mass is 10.3. The van der Waals surface area contributed by atoms with Crippen LogP contribution in [0.1, 0.15) is 19.8 Å². The van der Waals surface area contributed by atoms with Gasteiger partial charge in [0.2, 0.25) is 0 Å². The third kappa shape index (κ3) is 1.71. The molecule has 2 atom stereocenters. The first-order chi connectivity index (χ1) is 4.75. The molecule has 1 saturated heterocycles. The molecule has 1 aliphatic rings. The van der Waals surface area contributed by atoms with Crippen LogP contribution < -0.4 is 0 Å². The summed E-state index contributed by atoms with van der Waals surface area (Å²) in [6, 6.07) is 0.926. The van der Waals surface area contributed by atoms with E-state index in [0.717, 1.165) is 6.04 Å². The summed E-state index contributed by atoms with van der Waals surface area (Å²) in [5, 5.41) is 0. The van der Waals surface area contributed by atoms with Gasteiger partial charge in [-0.1, -0.05) is 19.1 Å². The molecule has 0 bridgehead atoms. The van der Waals surface area contributed by atoms with Gasteiger partial charge in [0.25, 0.3) is 0 Å². The van der Waals surface area contributed by atoms with Crippen molar-refractivity contribution in [3.05, 3.63) is 0 Å². The van der Waals surface area contributed by atoms with E-state index in [9.17, 15) is 0 Å². The van der Waals surface area contributed by atoms with Gasteiger partial charge in [-0.05, 0) is 19.4 Å². The fourth-order valence-electron chi connectivity index (χ4n) is 1.84. The van der Waals surface area contributed by atoms with E-state index in [1.54, 1.807) is 5.67 Å². The molecule has 0 spiro atoms. The highest BCUT2D eigenvalue weighted by molar-refractivity contribution is 6.61. The Bertz CT molecular complexity index is 108. The Balaban J connectivity index is 2.38. The quantitative estimate of drug-likeness (QED) is 0.537.